The van der Waals surface area contributed by atoms with Crippen LogP contribution in [-0.4, -0.2) is 40.8 Å². The van der Waals surface area contributed by atoms with Crippen LogP contribution in [0.2, 0.25) is 5.02 Å². The number of halogens is 2. The predicted octanol–water partition coefficient (Wildman–Crippen LogP) is 0.744. The van der Waals surface area contributed by atoms with Crippen molar-refractivity contribution in [2.24, 2.45) is 0 Å². The van der Waals surface area contributed by atoms with Crippen molar-refractivity contribution in [1.82, 2.24) is 10.0 Å². The molecule has 1 saturated heterocycles. The van der Waals surface area contributed by atoms with Crippen LogP contribution >= 0.6 is 11.6 Å². The van der Waals surface area contributed by atoms with Gasteiger partial charge in [0, 0.05) is 20.2 Å². The van der Waals surface area contributed by atoms with E-state index < -0.39 is 15.8 Å². The molecule has 2 rings (SSSR count). The van der Waals surface area contributed by atoms with Crippen LogP contribution < -0.4 is 10.0 Å². The fraction of sp³-hybridized carbons (Fsp3) is 0.455. The van der Waals surface area contributed by atoms with E-state index in [0.717, 1.165) is 12.1 Å². The molecule has 1 aliphatic heterocycles. The van der Waals surface area contributed by atoms with Crippen LogP contribution in [0.4, 0.5) is 4.39 Å². The highest BCUT2D eigenvalue weighted by atomic mass is 35.5. The van der Waals surface area contributed by atoms with Gasteiger partial charge in [0.2, 0.25) is 10.0 Å². The van der Waals surface area contributed by atoms with Crippen LogP contribution in [0.25, 0.3) is 0 Å². The summed E-state index contributed by atoms with van der Waals surface area (Å²) in [6.07, 6.45) is -0.231. The van der Waals surface area contributed by atoms with Gasteiger partial charge < -0.3 is 10.1 Å². The monoisotopic (exact) mass is 308 g/mol. The summed E-state index contributed by atoms with van der Waals surface area (Å²) in [5.41, 5.74) is 0. The molecule has 0 spiro atoms. The molecule has 2 atom stereocenters. The molecule has 2 N–H and O–H groups in total. The number of benzene rings is 1. The zero-order valence-corrected chi connectivity index (χ0v) is 11.8. The minimum absolute atomic E-state index is 0.0688. The molecule has 0 aliphatic carbocycles. The Hall–Kier alpha value is -0.730. The van der Waals surface area contributed by atoms with Crippen molar-refractivity contribution in [2.45, 2.75) is 17.0 Å². The molecule has 1 aromatic rings. The Balaban J connectivity index is 2.20. The van der Waals surface area contributed by atoms with Gasteiger partial charge in [-0.15, -0.1) is 0 Å². The third kappa shape index (κ3) is 3.24. The molecule has 0 amide bonds. The fourth-order valence-electron chi connectivity index (χ4n) is 1.93. The molecule has 0 aromatic heterocycles. The van der Waals surface area contributed by atoms with Crippen molar-refractivity contribution < 1.29 is 17.5 Å². The fourth-order valence-corrected chi connectivity index (χ4v) is 3.47. The van der Waals surface area contributed by atoms with Crippen molar-refractivity contribution in [3.63, 3.8) is 0 Å². The van der Waals surface area contributed by atoms with Crippen LogP contribution in [0.3, 0.4) is 0 Å². The smallest absolute Gasteiger partial charge is 0.241 e. The van der Waals surface area contributed by atoms with Gasteiger partial charge in [0.1, 0.15) is 5.82 Å². The highest BCUT2D eigenvalue weighted by Crippen LogP contribution is 2.20. The van der Waals surface area contributed by atoms with Gasteiger partial charge in [0.05, 0.1) is 22.1 Å². The number of sulfonamides is 1. The zero-order chi connectivity index (χ0) is 14.0. The van der Waals surface area contributed by atoms with Crippen LogP contribution in [0.1, 0.15) is 0 Å². The third-order valence-corrected chi connectivity index (χ3v) is 4.75. The van der Waals surface area contributed by atoms with Crippen molar-refractivity contribution in [1.29, 1.82) is 0 Å². The summed E-state index contributed by atoms with van der Waals surface area (Å²) >= 11 is 5.59. The second-order valence-corrected chi connectivity index (χ2v) is 6.36. The van der Waals surface area contributed by atoms with Crippen LogP contribution in [0, 0.1) is 5.82 Å². The van der Waals surface area contributed by atoms with Crippen molar-refractivity contribution in [3.05, 3.63) is 29.0 Å². The summed E-state index contributed by atoms with van der Waals surface area (Å²) in [5.74, 6) is -0.655. The average molecular weight is 309 g/mol. The predicted molar refractivity (Wildman–Crippen MR) is 69.2 cm³/mol. The second kappa shape index (κ2) is 5.72. The van der Waals surface area contributed by atoms with E-state index in [1.54, 1.807) is 0 Å². The molecule has 8 heteroatoms. The first-order valence-corrected chi connectivity index (χ1v) is 7.51. The van der Waals surface area contributed by atoms with Crippen LogP contribution in [0.5, 0.6) is 0 Å². The number of hydrogen-bond acceptors (Lipinski definition) is 4. The molecule has 19 heavy (non-hydrogen) atoms. The lowest BCUT2D eigenvalue weighted by atomic mass is 10.2. The van der Waals surface area contributed by atoms with Crippen molar-refractivity contribution >= 4 is 21.6 Å². The highest BCUT2D eigenvalue weighted by molar-refractivity contribution is 7.89. The summed E-state index contributed by atoms with van der Waals surface area (Å²) < 4.78 is 45.0. The molecular formula is C11H14ClFN2O3S. The largest absolute Gasteiger partial charge is 0.378 e. The lowest BCUT2D eigenvalue weighted by molar-refractivity contribution is 0.103. The van der Waals surface area contributed by atoms with E-state index in [4.69, 9.17) is 16.3 Å². The molecule has 5 nitrogen and oxygen atoms in total. The maximum absolute atomic E-state index is 13.0. The minimum atomic E-state index is -3.75. The van der Waals surface area contributed by atoms with Gasteiger partial charge in [-0.2, -0.15) is 0 Å². The summed E-state index contributed by atoms with van der Waals surface area (Å²) in [6.45, 7) is 1.06. The number of nitrogens with one attached hydrogen (secondary N) is 2. The third-order valence-electron chi connectivity index (χ3n) is 2.97. The van der Waals surface area contributed by atoms with E-state index in [1.165, 1.54) is 13.2 Å². The van der Waals surface area contributed by atoms with Gasteiger partial charge in [-0.1, -0.05) is 11.6 Å². The number of methoxy groups -OCH3 is 1. The van der Waals surface area contributed by atoms with E-state index in [-0.39, 0.29) is 22.1 Å². The zero-order valence-electron chi connectivity index (χ0n) is 10.2. The van der Waals surface area contributed by atoms with E-state index in [0.29, 0.717) is 13.1 Å². The van der Waals surface area contributed by atoms with E-state index in [1.807, 2.05) is 0 Å². The quantitative estimate of drug-likeness (QED) is 0.861. The molecule has 1 heterocycles. The summed E-state index contributed by atoms with van der Waals surface area (Å²) in [4.78, 5) is -0.0688. The van der Waals surface area contributed by atoms with Gasteiger partial charge >= 0.3 is 0 Å². The van der Waals surface area contributed by atoms with Crippen molar-refractivity contribution in [3.8, 4) is 0 Å². The maximum atomic E-state index is 13.0. The van der Waals surface area contributed by atoms with Gasteiger partial charge in [0.15, 0.2) is 0 Å². The Bertz CT molecular complexity index is 567. The topological polar surface area (TPSA) is 67.4 Å². The summed E-state index contributed by atoms with van der Waals surface area (Å²) in [6, 6.07) is 2.92. The number of rotatable bonds is 4. The molecule has 106 valence electrons. The molecule has 0 saturated carbocycles. The molecule has 1 unspecified atom stereocenters. The van der Waals surface area contributed by atoms with Gasteiger partial charge in [-0.05, 0) is 18.2 Å². The van der Waals surface area contributed by atoms with Gasteiger partial charge in [-0.3, -0.25) is 0 Å². The molecular weight excluding hydrogens is 295 g/mol. The molecule has 1 fully saturated rings. The Morgan fingerprint density at radius 3 is 2.84 bits per heavy atom. The molecule has 1 aliphatic rings. The highest BCUT2D eigenvalue weighted by Gasteiger charge is 2.31. The summed E-state index contributed by atoms with van der Waals surface area (Å²) in [5, 5.41) is 2.80. The van der Waals surface area contributed by atoms with Gasteiger partial charge in [0.25, 0.3) is 0 Å². The van der Waals surface area contributed by atoms with Crippen LogP contribution in [-0.2, 0) is 14.8 Å². The Kier molecular flexibility index (Phi) is 4.42. The Morgan fingerprint density at radius 1 is 1.47 bits per heavy atom. The second-order valence-electron chi connectivity index (χ2n) is 4.24. The number of ether oxygens (including phenoxy) is 1. The Morgan fingerprint density at radius 2 is 2.21 bits per heavy atom. The lowest BCUT2D eigenvalue weighted by Gasteiger charge is -2.18. The molecule has 0 bridgehead atoms. The minimum Gasteiger partial charge on any atom is -0.378 e. The number of hydrogen-bond donors (Lipinski definition) is 2. The average Bonchev–Trinajstić information content (AvgIpc) is 2.79. The first-order chi connectivity index (χ1) is 8.94. The first kappa shape index (κ1) is 14.7. The standard InChI is InChI=1S/C11H14ClFN2O3S/c1-18-11-6-14-5-10(11)15-19(16,17)7-2-3-9(13)8(12)4-7/h2-4,10-11,14-15H,5-6H2,1H3/t10?,11-/m0/s1. The maximum Gasteiger partial charge on any atom is 0.241 e. The van der Waals surface area contributed by atoms with Crippen molar-refractivity contribution in [2.75, 3.05) is 20.2 Å². The van der Waals surface area contributed by atoms with Gasteiger partial charge in [-0.25, -0.2) is 17.5 Å². The molecule has 0 radical (unpaired) electrons. The summed E-state index contributed by atoms with van der Waals surface area (Å²) in [7, 11) is -2.23. The Labute approximate surface area is 116 Å². The first-order valence-electron chi connectivity index (χ1n) is 5.65. The molecule has 1 aromatic carbocycles. The van der Waals surface area contributed by atoms with E-state index >= 15 is 0 Å². The lowest BCUT2D eigenvalue weighted by Crippen LogP contribution is -2.43. The SMILES string of the molecule is CO[C@H]1CNCC1NS(=O)(=O)c1ccc(F)c(Cl)c1. The van der Waals surface area contributed by atoms with E-state index in [9.17, 15) is 12.8 Å². The van der Waals surface area contributed by atoms with E-state index in [2.05, 4.69) is 10.0 Å². The van der Waals surface area contributed by atoms with Crippen LogP contribution in [0.15, 0.2) is 23.1 Å². The normalized spacial score (nSPS) is 23.7.